The molecule has 0 radical (unpaired) electrons. The standard InChI is InChI=1S/C17H28N4O2S.2ClH/c1-12-8-21(9-13(2)23-12)10-15-11-24-17(19-15)20-16(22)4-3-14-5-6-18-7-14;;/h11-14,18H,3-10H2,1-2H3,(H,19,20,22);2*1H. The van der Waals surface area contributed by atoms with Gasteiger partial charge in [0, 0.05) is 31.4 Å². The van der Waals surface area contributed by atoms with Crippen LogP contribution in [0.3, 0.4) is 0 Å². The Morgan fingerprint density at radius 3 is 2.77 bits per heavy atom. The Kier molecular flexibility index (Phi) is 10.4. The zero-order chi connectivity index (χ0) is 16.9. The van der Waals surface area contributed by atoms with Gasteiger partial charge in [-0.1, -0.05) is 0 Å². The van der Waals surface area contributed by atoms with E-state index in [1.807, 2.05) is 5.38 Å². The highest BCUT2D eigenvalue weighted by Gasteiger charge is 2.23. The van der Waals surface area contributed by atoms with Crippen molar-refractivity contribution in [1.82, 2.24) is 15.2 Å². The highest BCUT2D eigenvalue weighted by atomic mass is 35.5. The van der Waals surface area contributed by atoms with Crippen molar-refractivity contribution in [2.24, 2.45) is 5.92 Å². The van der Waals surface area contributed by atoms with E-state index in [2.05, 4.69) is 34.4 Å². The number of carbonyl (C=O) groups excluding carboxylic acids is 1. The van der Waals surface area contributed by atoms with Crippen molar-refractivity contribution in [2.75, 3.05) is 31.5 Å². The van der Waals surface area contributed by atoms with Crippen molar-refractivity contribution in [1.29, 1.82) is 0 Å². The van der Waals surface area contributed by atoms with Gasteiger partial charge in [0.15, 0.2) is 5.13 Å². The molecule has 1 aromatic rings. The van der Waals surface area contributed by atoms with Crippen LogP contribution in [0.5, 0.6) is 0 Å². The third-order valence-corrected chi connectivity index (χ3v) is 5.43. The number of nitrogens with one attached hydrogen (secondary N) is 2. The number of amides is 1. The zero-order valence-corrected chi connectivity index (χ0v) is 17.9. The summed E-state index contributed by atoms with van der Waals surface area (Å²) in [5.41, 5.74) is 1.02. The second-order valence-electron chi connectivity index (χ2n) is 7.04. The highest BCUT2D eigenvalue weighted by Crippen LogP contribution is 2.20. The average molecular weight is 425 g/mol. The van der Waals surface area contributed by atoms with Gasteiger partial charge in [0.05, 0.1) is 17.9 Å². The molecule has 0 bridgehead atoms. The number of aromatic nitrogens is 1. The van der Waals surface area contributed by atoms with Crippen molar-refractivity contribution in [3.8, 4) is 0 Å². The molecule has 150 valence electrons. The maximum Gasteiger partial charge on any atom is 0.226 e. The molecule has 0 aromatic carbocycles. The van der Waals surface area contributed by atoms with Crippen molar-refractivity contribution in [3.63, 3.8) is 0 Å². The van der Waals surface area contributed by atoms with Crippen LogP contribution in [0.4, 0.5) is 5.13 Å². The minimum atomic E-state index is 0. The minimum absolute atomic E-state index is 0. The zero-order valence-electron chi connectivity index (χ0n) is 15.4. The lowest BCUT2D eigenvalue weighted by Gasteiger charge is -2.34. The number of carbonyl (C=O) groups is 1. The van der Waals surface area contributed by atoms with Crippen molar-refractivity contribution in [2.45, 2.75) is 51.9 Å². The first kappa shape index (κ1) is 23.6. The van der Waals surface area contributed by atoms with Gasteiger partial charge < -0.3 is 15.4 Å². The smallest absolute Gasteiger partial charge is 0.226 e. The van der Waals surface area contributed by atoms with Gasteiger partial charge in [0.25, 0.3) is 0 Å². The fraction of sp³-hybridized carbons (Fsp3) is 0.765. The Hall–Kier alpha value is -0.440. The summed E-state index contributed by atoms with van der Waals surface area (Å²) in [6.07, 6.45) is 3.25. The topological polar surface area (TPSA) is 66.5 Å². The number of hydrogen-bond acceptors (Lipinski definition) is 6. The summed E-state index contributed by atoms with van der Waals surface area (Å²) >= 11 is 1.51. The third-order valence-electron chi connectivity index (χ3n) is 4.62. The summed E-state index contributed by atoms with van der Waals surface area (Å²) in [7, 11) is 0. The number of nitrogens with zero attached hydrogens (tertiary/aromatic N) is 2. The van der Waals surface area contributed by atoms with E-state index in [9.17, 15) is 4.79 Å². The Bertz CT molecular complexity index is 545. The van der Waals surface area contributed by atoms with Crippen molar-refractivity contribution >= 4 is 47.2 Å². The van der Waals surface area contributed by atoms with Crippen LogP contribution >= 0.6 is 36.2 Å². The maximum atomic E-state index is 12.1. The Morgan fingerprint density at radius 1 is 1.38 bits per heavy atom. The van der Waals surface area contributed by atoms with E-state index in [4.69, 9.17) is 4.74 Å². The van der Waals surface area contributed by atoms with Gasteiger partial charge in [-0.15, -0.1) is 36.2 Å². The van der Waals surface area contributed by atoms with Gasteiger partial charge in [-0.05, 0) is 45.7 Å². The van der Waals surface area contributed by atoms with Crippen molar-refractivity contribution in [3.05, 3.63) is 11.1 Å². The molecule has 3 atom stereocenters. The van der Waals surface area contributed by atoms with Gasteiger partial charge in [-0.3, -0.25) is 9.69 Å². The molecule has 2 fully saturated rings. The number of thiazole rings is 1. The summed E-state index contributed by atoms with van der Waals surface area (Å²) in [5.74, 6) is 0.726. The number of ether oxygens (including phenoxy) is 1. The quantitative estimate of drug-likeness (QED) is 0.734. The lowest BCUT2D eigenvalue weighted by Crippen LogP contribution is -2.44. The predicted molar refractivity (Wildman–Crippen MR) is 111 cm³/mol. The van der Waals surface area contributed by atoms with Crippen LogP contribution in [0.2, 0.25) is 0 Å². The SMILES string of the molecule is CC1CN(Cc2csc(NC(=O)CCC3CCNC3)n2)CC(C)O1.Cl.Cl. The van der Waals surface area contributed by atoms with E-state index in [-0.39, 0.29) is 42.9 Å². The summed E-state index contributed by atoms with van der Waals surface area (Å²) in [6.45, 7) is 9.02. The van der Waals surface area contributed by atoms with Gasteiger partial charge in [0.2, 0.25) is 5.91 Å². The molecule has 9 heteroatoms. The molecule has 3 rings (SSSR count). The lowest BCUT2D eigenvalue weighted by atomic mass is 10.0. The Labute approximate surface area is 172 Å². The van der Waals surface area contributed by atoms with E-state index in [0.29, 0.717) is 17.5 Å². The number of hydrogen-bond donors (Lipinski definition) is 2. The normalized spacial score (nSPS) is 26.0. The Balaban J connectivity index is 0.00000169. The molecule has 0 saturated carbocycles. The monoisotopic (exact) mass is 424 g/mol. The van der Waals surface area contributed by atoms with E-state index in [1.54, 1.807) is 0 Å². The number of anilines is 1. The number of morpholine rings is 1. The summed E-state index contributed by atoms with van der Waals surface area (Å²) in [6, 6.07) is 0. The third kappa shape index (κ3) is 7.29. The van der Waals surface area contributed by atoms with Gasteiger partial charge in [0.1, 0.15) is 0 Å². The van der Waals surface area contributed by atoms with E-state index < -0.39 is 0 Å². The second-order valence-corrected chi connectivity index (χ2v) is 7.90. The first-order valence-corrected chi connectivity index (χ1v) is 9.79. The molecule has 3 heterocycles. The van der Waals surface area contributed by atoms with E-state index >= 15 is 0 Å². The highest BCUT2D eigenvalue weighted by molar-refractivity contribution is 7.13. The van der Waals surface area contributed by atoms with Crippen molar-refractivity contribution < 1.29 is 9.53 Å². The molecule has 1 amide bonds. The molecule has 1 aromatic heterocycles. The molecule has 0 spiro atoms. The molecule has 2 aliphatic rings. The van der Waals surface area contributed by atoms with E-state index in [1.165, 1.54) is 17.8 Å². The van der Waals surface area contributed by atoms with Crippen LogP contribution in [0.15, 0.2) is 5.38 Å². The fourth-order valence-electron chi connectivity index (χ4n) is 3.56. The molecule has 2 aliphatic heterocycles. The lowest BCUT2D eigenvalue weighted by molar-refractivity contribution is -0.116. The molecular weight excluding hydrogens is 395 g/mol. The largest absolute Gasteiger partial charge is 0.373 e. The molecule has 3 unspecified atom stereocenters. The summed E-state index contributed by atoms with van der Waals surface area (Å²) in [4.78, 5) is 19.0. The molecule has 26 heavy (non-hydrogen) atoms. The summed E-state index contributed by atoms with van der Waals surface area (Å²) in [5, 5.41) is 9.04. The van der Waals surface area contributed by atoms with Gasteiger partial charge in [-0.25, -0.2) is 4.98 Å². The molecule has 6 nitrogen and oxygen atoms in total. The summed E-state index contributed by atoms with van der Waals surface area (Å²) < 4.78 is 5.76. The molecular formula is C17H30Cl2N4O2S. The van der Waals surface area contributed by atoms with Crippen LogP contribution in [-0.4, -0.2) is 54.2 Å². The fourth-order valence-corrected chi connectivity index (χ4v) is 4.28. The van der Waals surface area contributed by atoms with Crippen LogP contribution < -0.4 is 10.6 Å². The van der Waals surface area contributed by atoms with Crippen LogP contribution in [0, 0.1) is 5.92 Å². The van der Waals surface area contributed by atoms with Gasteiger partial charge in [-0.2, -0.15) is 0 Å². The molecule has 2 saturated heterocycles. The average Bonchev–Trinajstić information content (AvgIpc) is 3.16. The van der Waals surface area contributed by atoms with Crippen LogP contribution in [-0.2, 0) is 16.1 Å². The first-order chi connectivity index (χ1) is 11.6. The second kappa shape index (κ2) is 11.4. The Morgan fingerprint density at radius 2 is 2.12 bits per heavy atom. The van der Waals surface area contributed by atoms with E-state index in [0.717, 1.165) is 44.8 Å². The number of halogens is 2. The molecule has 0 aliphatic carbocycles. The first-order valence-electron chi connectivity index (χ1n) is 8.91. The van der Waals surface area contributed by atoms with Gasteiger partial charge >= 0.3 is 0 Å². The van der Waals surface area contributed by atoms with Crippen LogP contribution in [0.25, 0.3) is 0 Å². The predicted octanol–water partition coefficient (Wildman–Crippen LogP) is 2.92. The maximum absolute atomic E-state index is 12.1. The number of rotatable bonds is 6. The minimum Gasteiger partial charge on any atom is -0.373 e. The van der Waals surface area contributed by atoms with Crippen LogP contribution in [0.1, 0.15) is 38.8 Å². The molecule has 2 N–H and O–H groups in total.